The topological polar surface area (TPSA) is 31.4 Å². The van der Waals surface area contributed by atoms with Crippen LogP contribution in [0.1, 0.15) is 64.0 Å². The predicted molar refractivity (Wildman–Crippen MR) is 83.8 cm³/mol. The molecule has 0 aliphatic rings. The number of rotatable bonds is 6. The number of pyridine rings is 1. The maximum absolute atomic E-state index is 14.1. The highest BCUT2D eigenvalue weighted by atomic mass is 19.1. The summed E-state index contributed by atoms with van der Waals surface area (Å²) in [4.78, 5) is 4.50. The number of alkyl halides is 1. The zero-order chi connectivity index (χ0) is 16.2. The van der Waals surface area contributed by atoms with Crippen molar-refractivity contribution in [2.24, 2.45) is 0 Å². The minimum Gasteiger partial charge on any atom is -0.475 e. The fourth-order valence-electron chi connectivity index (χ4n) is 2.05. The maximum Gasteiger partial charge on any atom is 0.217 e. The van der Waals surface area contributed by atoms with E-state index in [1.165, 1.54) is 0 Å². The molecule has 1 heterocycles. The van der Waals surface area contributed by atoms with Crippen molar-refractivity contribution in [2.75, 3.05) is 13.7 Å². The standard InChI is InChI=1S/C17H28FNO2/c1-8-15(18)13-9-14(17(4,5)6)16(19-12(13)3)21-10-11(2)20-7/h9,11,15H,8,10H2,1-7H3. The summed E-state index contributed by atoms with van der Waals surface area (Å²) in [6, 6.07) is 1.91. The minimum absolute atomic E-state index is 0.0100. The van der Waals surface area contributed by atoms with Crippen molar-refractivity contribution in [3.8, 4) is 5.88 Å². The van der Waals surface area contributed by atoms with E-state index in [0.29, 0.717) is 30.2 Å². The highest BCUT2D eigenvalue weighted by Crippen LogP contribution is 2.35. The first-order valence-corrected chi connectivity index (χ1v) is 7.52. The highest BCUT2D eigenvalue weighted by Gasteiger charge is 2.24. The molecule has 2 unspecified atom stereocenters. The molecule has 21 heavy (non-hydrogen) atoms. The lowest BCUT2D eigenvalue weighted by Crippen LogP contribution is -2.21. The van der Waals surface area contributed by atoms with Crippen molar-refractivity contribution in [2.45, 2.75) is 65.7 Å². The lowest BCUT2D eigenvalue weighted by Gasteiger charge is -2.25. The molecule has 0 saturated heterocycles. The van der Waals surface area contributed by atoms with Crippen LogP contribution in [-0.4, -0.2) is 24.8 Å². The minimum atomic E-state index is -0.981. The van der Waals surface area contributed by atoms with Crippen LogP contribution in [0.15, 0.2) is 6.07 Å². The predicted octanol–water partition coefficient (Wildman–Crippen LogP) is 4.52. The molecule has 120 valence electrons. The summed E-state index contributed by atoms with van der Waals surface area (Å²) < 4.78 is 25.1. The number of halogens is 1. The van der Waals surface area contributed by atoms with Gasteiger partial charge in [0.2, 0.25) is 5.88 Å². The molecule has 0 fully saturated rings. The summed E-state index contributed by atoms with van der Waals surface area (Å²) in [5.41, 5.74) is 2.13. The highest BCUT2D eigenvalue weighted by molar-refractivity contribution is 5.39. The monoisotopic (exact) mass is 297 g/mol. The van der Waals surface area contributed by atoms with Gasteiger partial charge in [-0.1, -0.05) is 27.7 Å². The van der Waals surface area contributed by atoms with Gasteiger partial charge in [-0.2, -0.15) is 0 Å². The van der Waals surface area contributed by atoms with Crippen LogP contribution in [0.3, 0.4) is 0 Å². The molecule has 3 nitrogen and oxygen atoms in total. The fourth-order valence-corrected chi connectivity index (χ4v) is 2.05. The van der Waals surface area contributed by atoms with E-state index in [0.717, 1.165) is 5.56 Å². The third-order valence-electron chi connectivity index (χ3n) is 3.58. The van der Waals surface area contributed by atoms with Crippen molar-refractivity contribution in [1.82, 2.24) is 4.98 Å². The van der Waals surface area contributed by atoms with Gasteiger partial charge in [-0.05, 0) is 31.7 Å². The first kappa shape index (κ1) is 17.9. The Balaban J connectivity index is 3.20. The second kappa shape index (κ2) is 7.21. The molecule has 0 amide bonds. The third kappa shape index (κ3) is 4.67. The molecular weight excluding hydrogens is 269 g/mol. The van der Waals surface area contributed by atoms with E-state index in [9.17, 15) is 4.39 Å². The molecule has 0 saturated carbocycles. The number of hydrogen-bond acceptors (Lipinski definition) is 3. The van der Waals surface area contributed by atoms with Gasteiger partial charge in [0.1, 0.15) is 12.8 Å². The SMILES string of the molecule is CCC(F)c1cc(C(C)(C)C)c(OCC(C)OC)nc1C. The van der Waals surface area contributed by atoms with Gasteiger partial charge in [-0.25, -0.2) is 9.37 Å². The van der Waals surface area contributed by atoms with Crippen LogP contribution in [0, 0.1) is 6.92 Å². The number of aryl methyl sites for hydroxylation is 1. The lowest BCUT2D eigenvalue weighted by molar-refractivity contribution is 0.0690. The molecule has 0 aliphatic heterocycles. The van der Waals surface area contributed by atoms with E-state index >= 15 is 0 Å². The van der Waals surface area contributed by atoms with E-state index in [1.807, 2.05) is 26.8 Å². The van der Waals surface area contributed by atoms with Crippen LogP contribution in [0.5, 0.6) is 5.88 Å². The van der Waals surface area contributed by atoms with Crippen molar-refractivity contribution >= 4 is 0 Å². The summed E-state index contributed by atoms with van der Waals surface area (Å²) in [6.07, 6.45) is -0.540. The van der Waals surface area contributed by atoms with Crippen molar-refractivity contribution in [1.29, 1.82) is 0 Å². The van der Waals surface area contributed by atoms with Crippen LogP contribution >= 0.6 is 0 Å². The van der Waals surface area contributed by atoms with Gasteiger partial charge < -0.3 is 9.47 Å². The summed E-state index contributed by atoms with van der Waals surface area (Å²) in [7, 11) is 1.65. The van der Waals surface area contributed by atoms with E-state index < -0.39 is 6.17 Å². The van der Waals surface area contributed by atoms with Crippen molar-refractivity contribution in [3.63, 3.8) is 0 Å². The number of nitrogens with zero attached hydrogens (tertiary/aromatic N) is 1. The molecule has 0 bridgehead atoms. The number of hydrogen-bond donors (Lipinski definition) is 0. The van der Waals surface area contributed by atoms with Gasteiger partial charge in [0.25, 0.3) is 0 Å². The zero-order valence-electron chi connectivity index (χ0n) is 14.3. The average molecular weight is 297 g/mol. The molecule has 1 aromatic heterocycles. The quantitative estimate of drug-likeness (QED) is 0.773. The Morgan fingerprint density at radius 3 is 2.43 bits per heavy atom. The Labute approximate surface area is 127 Å². The summed E-state index contributed by atoms with van der Waals surface area (Å²) >= 11 is 0. The molecule has 0 radical (unpaired) electrons. The van der Waals surface area contributed by atoms with Crippen molar-refractivity contribution < 1.29 is 13.9 Å². The first-order chi connectivity index (χ1) is 9.70. The first-order valence-electron chi connectivity index (χ1n) is 7.52. The number of ether oxygens (including phenoxy) is 2. The number of methoxy groups -OCH3 is 1. The van der Waals surface area contributed by atoms with Gasteiger partial charge in [0, 0.05) is 23.9 Å². The number of aromatic nitrogens is 1. The lowest BCUT2D eigenvalue weighted by atomic mass is 9.86. The Morgan fingerprint density at radius 2 is 1.95 bits per heavy atom. The molecule has 1 rings (SSSR count). The van der Waals surface area contributed by atoms with E-state index in [4.69, 9.17) is 9.47 Å². The largest absolute Gasteiger partial charge is 0.475 e. The Bertz CT molecular complexity index is 469. The van der Waals surface area contributed by atoms with Gasteiger partial charge in [-0.3, -0.25) is 0 Å². The second-order valence-electron chi connectivity index (χ2n) is 6.50. The maximum atomic E-state index is 14.1. The van der Waals surface area contributed by atoms with Crippen LogP contribution in [0.4, 0.5) is 4.39 Å². The molecule has 0 spiro atoms. The third-order valence-corrected chi connectivity index (χ3v) is 3.58. The van der Waals surface area contributed by atoms with E-state index in [-0.39, 0.29) is 11.5 Å². The van der Waals surface area contributed by atoms with Crippen LogP contribution < -0.4 is 4.74 Å². The summed E-state index contributed by atoms with van der Waals surface area (Å²) in [5.74, 6) is 0.580. The Hall–Kier alpha value is -1.16. The van der Waals surface area contributed by atoms with Crippen LogP contribution in [0.25, 0.3) is 0 Å². The van der Waals surface area contributed by atoms with Gasteiger partial charge in [0.05, 0.1) is 6.10 Å². The molecule has 4 heteroatoms. The second-order valence-corrected chi connectivity index (χ2v) is 6.50. The summed E-state index contributed by atoms with van der Waals surface area (Å²) in [6.45, 7) is 12.3. The van der Waals surface area contributed by atoms with Crippen LogP contribution in [0.2, 0.25) is 0 Å². The van der Waals surface area contributed by atoms with E-state index in [2.05, 4.69) is 25.8 Å². The fraction of sp³-hybridized carbons (Fsp3) is 0.706. The molecule has 0 aromatic carbocycles. The Morgan fingerprint density at radius 1 is 1.33 bits per heavy atom. The van der Waals surface area contributed by atoms with Crippen molar-refractivity contribution in [3.05, 3.63) is 22.9 Å². The summed E-state index contributed by atoms with van der Waals surface area (Å²) in [5, 5.41) is 0. The van der Waals surface area contributed by atoms with Gasteiger partial charge >= 0.3 is 0 Å². The normalized spacial score (nSPS) is 14.9. The molecule has 1 aromatic rings. The molecule has 0 aliphatic carbocycles. The molecule has 2 atom stereocenters. The molecule has 0 N–H and O–H groups in total. The Kier molecular flexibility index (Phi) is 6.14. The smallest absolute Gasteiger partial charge is 0.217 e. The molecular formula is C17H28FNO2. The van der Waals surface area contributed by atoms with Gasteiger partial charge in [-0.15, -0.1) is 0 Å². The van der Waals surface area contributed by atoms with E-state index in [1.54, 1.807) is 7.11 Å². The average Bonchev–Trinajstić information content (AvgIpc) is 2.42. The zero-order valence-corrected chi connectivity index (χ0v) is 14.3. The van der Waals surface area contributed by atoms with Gasteiger partial charge in [0.15, 0.2) is 0 Å². The van der Waals surface area contributed by atoms with Crippen LogP contribution in [-0.2, 0) is 10.2 Å².